The minimum Gasteiger partial charge on any atom is -0.383 e. The van der Waals surface area contributed by atoms with Crippen LogP contribution in [0.3, 0.4) is 0 Å². The van der Waals surface area contributed by atoms with E-state index in [1.165, 1.54) is 6.07 Å². The number of alkyl halides is 3. The number of anilines is 1. The fourth-order valence-corrected chi connectivity index (χ4v) is 1.97. The highest BCUT2D eigenvalue weighted by Crippen LogP contribution is 2.33. The van der Waals surface area contributed by atoms with Crippen molar-refractivity contribution in [2.75, 3.05) is 11.9 Å². The summed E-state index contributed by atoms with van der Waals surface area (Å²) < 4.78 is 39.7. The highest BCUT2D eigenvalue weighted by atomic mass is 35.5. The third-order valence-electron chi connectivity index (χ3n) is 2.88. The van der Waals surface area contributed by atoms with Crippen molar-refractivity contribution in [2.24, 2.45) is 7.05 Å². The number of aryl methyl sites for hydroxylation is 1. The van der Waals surface area contributed by atoms with E-state index >= 15 is 0 Å². The Morgan fingerprint density at radius 2 is 2.10 bits per heavy atom. The molecule has 1 aromatic carbocycles. The van der Waals surface area contributed by atoms with Gasteiger partial charge in [-0.3, -0.25) is 0 Å². The summed E-state index contributed by atoms with van der Waals surface area (Å²) in [5, 5.41) is 3.17. The summed E-state index contributed by atoms with van der Waals surface area (Å²) in [6, 6.07) is 3.22. The van der Waals surface area contributed by atoms with Gasteiger partial charge in [-0.2, -0.15) is 13.2 Å². The maximum Gasteiger partial charge on any atom is 0.416 e. The minimum atomic E-state index is -4.37. The number of halogens is 4. The molecule has 0 amide bonds. The van der Waals surface area contributed by atoms with Gasteiger partial charge in [0.1, 0.15) is 5.82 Å². The van der Waals surface area contributed by atoms with Crippen molar-refractivity contribution < 1.29 is 13.2 Å². The van der Waals surface area contributed by atoms with E-state index in [-0.39, 0.29) is 10.7 Å². The first kappa shape index (κ1) is 14.7. The van der Waals surface area contributed by atoms with Gasteiger partial charge in [0.15, 0.2) is 0 Å². The lowest BCUT2D eigenvalue weighted by molar-refractivity contribution is -0.137. The molecule has 0 spiro atoms. The second-order valence-corrected chi connectivity index (χ2v) is 4.73. The smallest absolute Gasteiger partial charge is 0.383 e. The zero-order chi connectivity index (χ0) is 14.8. The van der Waals surface area contributed by atoms with Gasteiger partial charge < -0.3 is 9.88 Å². The molecule has 0 fully saturated rings. The van der Waals surface area contributed by atoms with Crippen molar-refractivity contribution in [3.05, 3.63) is 47.0 Å². The predicted octanol–water partition coefficient (Wildman–Crippen LogP) is 3.75. The molecule has 20 heavy (non-hydrogen) atoms. The molecule has 1 heterocycles. The van der Waals surface area contributed by atoms with E-state index < -0.39 is 11.7 Å². The molecule has 0 atom stereocenters. The van der Waals surface area contributed by atoms with Crippen LogP contribution in [0.2, 0.25) is 5.02 Å². The van der Waals surface area contributed by atoms with Crippen molar-refractivity contribution in [3.8, 4) is 0 Å². The average Bonchev–Trinajstić information content (AvgIpc) is 2.76. The molecule has 7 heteroatoms. The van der Waals surface area contributed by atoms with Crippen LogP contribution in [-0.4, -0.2) is 16.1 Å². The van der Waals surface area contributed by atoms with E-state index in [2.05, 4.69) is 10.3 Å². The Kier molecular flexibility index (Phi) is 4.23. The fourth-order valence-electron chi connectivity index (χ4n) is 1.78. The average molecular weight is 304 g/mol. The first-order chi connectivity index (χ1) is 9.38. The third-order valence-corrected chi connectivity index (χ3v) is 3.21. The summed E-state index contributed by atoms with van der Waals surface area (Å²) in [7, 11) is 1.86. The van der Waals surface area contributed by atoms with E-state index in [1.54, 1.807) is 6.20 Å². The monoisotopic (exact) mass is 303 g/mol. The largest absolute Gasteiger partial charge is 0.416 e. The van der Waals surface area contributed by atoms with E-state index in [9.17, 15) is 13.2 Å². The summed E-state index contributed by atoms with van der Waals surface area (Å²) in [5.41, 5.74) is -0.447. The Hall–Kier alpha value is -1.69. The van der Waals surface area contributed by atoms with Gasteiger partial charge in [-0.25, -0.2) is 4.98 Å². The lowest BCUT2D eigenvalue weighted by Gasteiger charge is -2.12. The molecule has 2 aromatic rings. The fraction of sp³-hybridized carbons (Fsp3) is 0.308. The molecule has 0 bridgehead atoms. The van der Waals surface area contributed by atoms with Crippen molar-refractivity contribution in [3.63, 3.8) is 0 Å². The highest BCUT2D eigenvalue weighted by Gasteiger charge is 2.30. The first-order valence-corrected chi connectivity index (χ1v) is 6.32. The van der Waals surface area contributed by atoms with Gasteiger partial charge in [-0.05, 0) is 18.2 Å². The van der Waals surface area contributed by atoms with Gasteiger partial charge in [0, 0.05) is 32.4 Å². The van der Waals surface area contributed by atoms with E-state index in [1.807, 2.05) is 17.8 Å². The van der Waals surface area contributed by atoms with Crippen LogP contribution in [0, 0.1) is 0 Å². The van der Waals surface area contributed by atoms with Gasteiger partial charge in [0.25, 0.3) is 0 Å². The van der Waals surface area contributed by atoms with Crippen LogP contribution in [-0.2, 0) is 19.6 Å². The zero-order valence-electron chi connectivity index (χ0n) is 10.7. The van der Waals surface area contributed by atoms with Gasteiger partial charge in [-0.1, -0.05) is 11.6 Å². The summed E-state index contributed by atoms with van der Waals surface area (Å²) in [4.78, 5) is 4.14. The Morgan fingerprint density at radius 3 is 2.70 bits per heavy atom. The zero-order valence-corrected chi connectivity index (χ0v) is 11.5. The van der Waals surface area contributed by atoms with Crippen molar-refractivity contribution >= 4 is 17.3 Å². The molecule has 0 saturated heterocycles. The van der Waals surface area contributed by atoms with Crippen LogP contribution >= 0.6 is 11.6 Å². The van der Waals surface area contributed by atoms with Crippen LogP contribution in [0.5, 0.6) is 0 Å². The molecule has 0 aliphatic rings. The number of hydrogen-bond acceptors (Lipinski definition) is 2. The topological polar surface area (TPSA) is 29.9 Å². The molecule has 0 aliphatic carbocycles. The normalized spacial score (nSPS) is 11.7. The van der Waals surface area contributed by atoms with Crippen LogP contribution < -0.4 is 5.32 Å². The molecule has 0 unspecified atom stereocenters. The molecule has 1 N–H and O–H groups in total. The van der Waals surface area contributed by atoms with E-state index in [0.29, 0.717) is 13.0 Å². The number of nitrogens with one attached hydrogen (secondary N) is 1. The lowest BCUT2D eigenvalue weighted by atomic mass is 10.2. The highest BCUT2D eigenvalue weighted by molar-refractivity contribution is 6.33. The molecule has 2 rings (SSSR count). The summed E-state index contributed by atoms with van der Waals surface area (Å²) in [6.07, 6.45) is -0.296. The quantitative estimate of drug-likeness (QED) is 0.932. The van der Waals surface area contributed by atoms with Gasteiger partial charge >= 0.3 is 6.18 Å². The van der Waals surface area contributed by atoms with Crippen LogP contribution in [0.25, 0.3) is 0 Å². The summed E-state index contributed by atoms with van der Waals surface area (Å²) in [6.45, 7) is 0.450. The van der Waals surface area contributed by atoms with E-state index in [0.717, 1.165) is 18.0 Å². The SMILES string of the molecule is Cn1ccnc1CCNc1cc(C(F)(F)F)ccc1Cl. The first-order valence-electron chi connectivity index (χ1n) is 5.95. The summed E-state index contributed by atoms with van der Waals surface area (Å²) >= 11 is 5.89. The van der Waals surface area contributed by atoms with Crippen LogP contribution in [0.4, 0.5) is 18.9 Å². The minimum absolute atomic E-state index is 0.262. The van der Waals surface area contributed by atoms with Crippen molar-refractivity contribution in [1.29, 1.82) is 0 Å². The Balaban J connectivity index is 2.04. The Labute approximate surface area is 119 Å². The second-order valence-electron chi connectivity index (χ2n) is 4.32. The molecule has 1 aromatic heterocycles. The number of aromatic nitrogens is 2. The number of imidazole rings is 1. The number of benzene rings is 1. The molecule has 0 aliphatic heterocycles. The molecule has 0 radical (unpaired) electrons. The van der Waals surface area contributed by atoms with E-state index in [4.69, 9.17) is 11.6 Å². The van der Waals surface area contributed by atoms with Gasteiger partial charge in [-0.15, -0.1) is 0 Å². The molecule has 0 saturated carbocycles. The van der Waals surface area contributed by atoms with Crippen LogP contribution in [0.1, 0.15) is 11.4 Å². The molecule has 108 valence electrons. The van der Waals surface area contributed by atoms with Gasteiger partial charge in [0.2, 0.25) is 0 Å². The third kappa shape index (κ3) is 3.45. The number of hydrogen-bond donors (Lipinski definition) is 1. The summed E-state index contributed by atoms with van der Waals surface area (Å²) in [5.74, 6) is 0.848. The number of rotatable bonds is 4. The molecular weight excluding hydrogens is 291 g/mol. The van der Waals surface area contributed by atoms with Crippen molar-refractivity contribution in [1.82, 2.24) is 9.55 Å². The van der Waals surface area contributed by atoms with Crippen LogP contribution in [0.15, 0.2) is 30.6 Å². The maximum absolute atomic E-state index is 12.6. The lowest BCUT2D eigenvalue weighted by Crippen LogP contribution is -2.10. The standard InChI is InChI=1S/C13H13ClF3N3/c1-20-7-6-19-12(20)4-5-18-11-8-9(13(15,16)17)2-3-10(11)14/h2-3,6-8,18H,4-5H2,1H3. The predicted molar refractivity (Wildman–Crippen MR) is 71.9 cm³/mol. The second kappa shape index (κ2) is 5.75. The molecular formula is C13H13ClF3N3. The Morgan fingerprint density at radius 1 is 1.35 bits per heavy atom. The number of nitrogens with zero attached hydrogens (tertiary/aromatic N) is 2. The van der Waals surface area contributed by atoms with Crippen molar-refractivity contribution in [2.45, 2.75) is 12.6 Å². The Bertz CT molecular complexity index is 593. The maximum atomic E-state index is 12.6. The molecule has 3 nitrogen and oxygen atoms in total. The van der Waals surface area contributed by atoms with Gasteiger partial charge in [0.05, 0.1) is 16.3 Å².